The molecule has 19 heavy (non-hydrogen) atoms. The third-order valence-electron chi connectivity index (χ3n) is 2.85. The number of carbonyl (C=O) groups is 1. The number of aromatic amines is 1. The normalized spacial score (nSPS) is 13.5. The molecule has 0 saturated carbocycles. The first kappa shape index (κ1) is 11.5. The van der Waals surface area contributed by atoms with Gasteiger partial charge in [-0.3, -0.25) is 4.79 Å². The predicted molar refractivity (Wildman–Crippen MR) is 62.5 cm³/mol. The molecule has 1 aliphatic heterocycles. The third kappa shape index (κ3) is 1.62. The zero-order chi connectivity index (χ0) is 13.6. The minimum absolute atomic E-state index is 0.160. The van der Waals surface area contributed by atoms with E-state index in [1.807, 2.05) is 0 Å². The molecular weight excluding hydrogens is 257 g/mol. The molecule has 7 heteroatoms. The van der Waals surface area contributed by atoms with E-state index in [0.29, 0.717) is 0 Å². The topological polar surface area (TPSA) is 88.6 Å². The SMILES string of the molecule is O=C(O)c1c[nH]c2cc3c(c(F)c2c1=O)OCCO3. The summed E-state index contributed by atoms with van der Waals surface area (Å²) in [6.45, 7) is 0.460. The van der Waals surface area contributed by atoms with Crippen LogP contribution in [0.3, 0.4) is 0 Å². The number of nitrogens with one attached hydrogen (secondary N) is 1. The average molecular weight is 265 g/mol. The van der Waals surface area contributed by atoms with E-state index in [9.17, 15) is 14.0 Å². The van der Waals surface area contributed by atoms with Gasteiger partial charge < -0.3 is 19.6 Å². The molecule has 2 N–H and O–H groups in total. The van der Waals surface area contributed by atoms with Gasteiger partial charge in [0.1, 0.15) is 18.8 Å². The van der Waals surface area contributed by atoms with Gasteiger partial charge in [0.2, 0.25) is 5.43 Å². The molecule has 1 aromatic heterocycles. The maximum atomic E-state index is 14.2. The summed E-state index contributed by atoms with van der Waals surface area (Å²) in [7, 11) is 0. The van der Waals surface area contributed by atoms with Crippen molar-refractivity contribution in [3.8, 4) is 11.5 Å². The summed E-state index contributed by atoms with van der Waals surface area (Å²) in [4.78, 5) is 25.4. The highest BCUT2D eigenvalue weighted by Gasteiger charge is 2.23. The quantitative estimate of drug-likeness (QED) is 0.807. The molecule has 2 aromatic rings. The number of carboxylic acids is 1. The molecule has 0 unspecified atom stereocenters. The Kier molecular flexibility index (Phi) is 2.41. The number of fused-ring (bicyclic) bond motifs is 2. The standard InChI is InChI=1S/C12H8FNO5/c13-9-8-6(3-7-11(9)19-2-1-18-7)14-4-5(10(8)15)12(16)17/h3-4H,1-2H2,(H,14,15)(H,16,17). The number of H-pyrrole nitrogens is 1. The van der Waals surface area contributed by atoms with E-state index >= 15 is 0 Å². The van der Waals surface area contributed by atoms with Gasteiger partial charge in [0.25, 0.3) is 0 Å². The highest BCUT2D eigenvalue weighted by Crippen LogP contribution is 2.36. The first-order valence-electron chi connectivity index (χ1n) is 5.46. The number of ether oxygens (including phenoxy) is 2. The van der Waals surface area contributed by atoms with Crippen LogP contribution in [0.1, 0.15) is 10.4 Å². The van der Waals surface area contributed by atoms with Crippen molar-refractivity contribution >= 4 is 16.9 Å². The van der Waals surface area contributed by atoms with Crippen molar-refractivity contribution in [3.63, 3.8) is 0 Å². The second-order valence-corrected chi connectivity index (χ2v) is 3.97. The molecule has 0 atom stereocenters. The lowest BCUT2D eigenvalue weighted by molar-refractivity contribution is 0.0695. The highest BCUT2D eigenvalue weighted by molar-refractivity contribution is 5.93. The number of rotatable bonds is 1. The largest absolute Gasteiger partial charge is 0.486 e. The zero-order valence-electron chi connectivity index (χ0n) is 9.53. The molecule has 0 fully saturated rings. The van der Waals surface area contributed by atoms with Crippen LogP contribution in [0, 0.1) is 5.82 Å². The van der Waals surface area contributed by atoms with Crippen LogP contribution in [0.15, 0.2) is 17.1 Å². The van der Waals surface area contributed by atoms with Gasteiger partial charge in [-0.05, 0) is 0 Å². The molecule has 0 saturated heterocycles. The number of halogens is 1. The second-order valence-electron chi connectivity index (χ2n) is 3.97. The summed E-state index contributed by atoms with van der Waals surface area (Å²) < 4.78 is 24.6. The van der Waals surface area contributed by atoms with Crippen LogP contribution in [0.2, 0.25) is 0 Å². The summed E-state index contributed by atoms with van der Waals surface area (Å²) in [5.41, 5.74) is -1.25. The van der Waals surface area contributed by atoms with Crippen molar-refractivity contribution in [2.24, 2.45) is 0 Å². The van der Waals surface area contributed by atoms with Gasteiger partial charge in [0.05, 0.1) is 10.9 Å². The van der Waals surface area contributed by atoms with Crippen LogP contribution in [0.4, 0.5) is 4.39 Å². The van der Waals surface area contributed by atoms with Gasteiger partial charge in [0, 0.05) is 12.3 Å². The Labute approximate surface area is 105 Å². The number of aromatic nitrogens is 1. The summed E-state index contributed by atoms with van der Waals surface area (Å²) in [6.07, 6.45) is 1.03. The fourth-order valence-corrected chi connectivity index (χ4v) is 1.99. The number of pyridine rings is 1. The molecule has 1 aliphatic rings. The van der Waals surface area contributed by atoms with Crippen molar-refractivity contribution in [1.29, 1.82) is 0 Å². The lowest BCUT2D eigenvalue weighted by atomic mass is 10.1. The molecule has 1 aromatic carbocycles. The molecule has 0 bridgehead atoms. The first-order chi connectivity index (χ1) is 9.09. The number of benzene rings is 1. The number of carboxylic acid groups (broad SMARTS) is 1. The van der Waals surface area contributed by atoms with Crippen molar-refractivity contribution in [2.45, 2.75) is 0 Å². The van der Waals surface area contributed by atoms with Crippen LogP contribution < -0.4 is 14.9 Å². The first-order valence-corrected chi connectivity index (χ1v) is 5.46. The maximum absolute atomic E-state index is 14.2. The van der Waals surface area contributed by atoms with E-state index in [1.165, 1.54) is 6.07 Å². The van der Waals surface area contributed by atoms with Crippen molar-refractivity contribution in [3.05, 3.63) is 33.9 Å². The summed E-state index contributed by atoms with van der Waals surface area (Å²) in [5.74, 6) is -2.30. The van der Waals surface area contributed by atoms with Crippen LogP contribution in [0.25, 0.3) is 10.9 Å². The Morgan fingerprint density at radius 3 is 2.84 bits per heavy atom. The van der Waals surface area contributed by atoms with Crippen LogP contribution in [0.5, 0.6) is 11.5 Å². The van der Waals surface area contributed by atoms with E-state index in [4.69, 9.17) is 14.6 Å². The van der Waals surface area contributed by atoms with E-state index in [-0.39, 0.29) is 35.6 Å². The van der Waals surface area contributed by atoms with E-state index < -0.39 is 22.8 Å². The van der Waals surface area contributed by atoms with Crippen molar-refractivity contribution in [2.75, 3.05) is 13.2 Å². The Morgan fingerprint density at radius 1 is 1.37 bits per heavy atom. The smallest absolute Gasteiger partial charge is 0.341 e. The Hall–Kier alpha value is -2.57. The third-order valence-corrected chi connectivity index (χ3v) is 2.85. The summed E-state index contributed by atoms with van der Waals surface area (Å²) >= 11 is 0. The average Bonchev–Trinajstić information content (AvgIpc) is 2.38. The van der Waals surface area contributed by atoms with Crippen LogP contribution in [-0.2, 0) is 0 Å². The second kappa shape index (κ2) is 3.98. The molecule has 98 valence electrons. The molecule has 0 aliphatic carbocycles. The lowest BCUT2D eigenvalue weighted by Crippen LogP contribution is -2.20. The number of hydrogen-bond donors (Lipinski definition) is 2. The summed E-state index contributed by atoms with van der Waals surface area (Å²) in [6, 6.07) is 1.42. The molecule has 0 amide bonds. The fraction of sp³-hybridized carbons (Fsp3) is 0.167. The van der Waals surface area contributed by atoms with E-state index in [1.54, 1.807) is 0 Å². The number of hydrogen-bond acceptors (Lipinski definition) is 4. The van der Waals surface area contributed by atoms with Gasteiger partial charge in [-0.1, -0.05) is 0 Å². The predicted octanol–water partition coefficient (Wildman–Crippen LogP) is 1.14. The van der Waals surface area contributed by atoms with Crippen LogP contribution in [-0.4, -0.2) is 29.3 Å². The van der Waals surface area contributed by atoms with E-state index in [0.717, 1.165) is 6.20 Å². The molecule has 0 radical (unpaired) electrons. The number of aromatic carboxylic acids is 1. The minimum atomic E-state index is -1.42. The lowest BCUT2D eigenvalue weighted by Gasteiger charge is -2.19. The fourth-order valence-electron chi connectivity index (χ4n) is 1.99. The van der Waals surface area contributed by atoms with E-state index in [2.05, 4.69) is 4.98 Å². The van der Waals surface area contributed by atoms with Crippen molar-refractivity contribution < 1.29 is 23.8 Å². The molecule has 2 heterocycles. The molecular formula is C12H8FNO5. The zero-order valence-corrected chi connectivity index (χ0v) is 9.53. The van der Waals surface area contributed by atoms with Gasteiger partial charge in [-0.25, -0.2) is 9.18 Å². The Morgan fingerprint density at radius 2 is 2.11 bits per heavy atom. The van der Waals surface area contributed by atoms with Gasteiger partial charge in [-0.2, -0.15) is 0 Å². The summed E-state index contributed by atoms with van der Waals surface area (Å²) in [5, 5.41) is 8.51. The minimum Gasteiger partial charge on any atom is -0.486 e. The van der Waals surface area contributed by atoms with Gasteiger partial charge >= 0.3 is 5.97 Å². The van der Waals surface area contributed by atoms with Gasteiger partial charge in [0.15, 0.2) is 17.3 Å². The Balaban J connectivity index is 2.41. The maximum Gasteiger partial charge on any atom is 0.341 e. The van der Waals surface area contributed by atoms with Gasteiger partial charge in [-0.15, -0.1) is 0 Å². The Bertz CT molecular complexity index is 752. The molecule has 3 rings (SSSR count). The molecule has 0 spiro atoms. The van der Waals surface area contributed by atoms with Crippen molar-refractivity contribution in [1.82, 2.24) is 4.98 Å². The highest BCUT2D eigenvalue weighted by atomic mass is 19.1. The monoisotopic (exact) mass is 265 g/mol. The molecule has 6 nitrogen and oxygen atoms in total. The van der Waals surface area contributed by atoms with Crippen LogP contribution >= 0.6 is 0 Å².